The second-order valence-electron chi connectivity index (χ2n) is 6.79. The van der Waals surface area contributed by atoms with Crippen LogP contribution in [-0.4, -0.2) is 48.1 Å². The average molecular weight is 315 g/mol. The molecule has 0 spiro atoms. The van der Waals surface area contributed by atoms with E-state index in [1.165, 1.54) is 24.0 Å². The normalized spacial score (nSPS) is 22.3. The van der Waals surface area contributed by atoms with Gasteiger partial charge in [-0.2, -0.15) is 0 Å². The molecule has 1 fully saturated rings. The molecule has 1 unspecified atom stereocenters. The summed E-state index contributed by atoms with van der Waals surface area (Å²) in [6.45, 7) is 6.74. The standard InChI is InChI=1S/C19H29N3O/c1-2-20-19(23)22-12-7-3-4-10-18(22)15-21-13-11-16-8-5-6-9-17(16)14-21/h5-6,8-9,18H,2-4,7,10-15H2,1H3,(H,20,23). The molecular formula is C19H29N3O. The Bertz CT molecular complexity index is 531. The number of carbonyl (C=O) groups excluding carboxylic acids is 1. The molecule has 0 aromatic heterocycles. The van der Waals surface area contributed by atoms with E-state index in [-0.39, 0.29) is 6.03 Å². The Morgan fingerprint density at radius 3 is 2.83 bits per heavy atom. The van der Waals surface area contributed by atoms with Crippen molar-refractivity contribution in [3.05, 3.63) is 35.4 Å². The van der Waals surface area contributed by atoms with Crippen LogP contribution in [0.4, 0.5) is 4.79 Å². The Hall–Kier alpha value is -1.55. The lowest BCUT2D eigenvalue weighted by molar-refractivity contribution is 0.139. The molecule has 2 amide bonds. The Morgan fingerprint density at radius 1 is 1.17 bits per heavy atom. The fraction of sp³-hybridized carbons (Fsp3) is 0.632. The highest BCUT2D eigenvalue weighted by atomic mass is 16.2. The van der Waals surface area contributed by atoms with Crippen LogP contribution in [0.1, 0.15) is 43.7 Å². The van der Waals surface area contributed by atoms with Crippen molar-refractivity contribution < 1.29 is 4.79 Å². The first-order valence-electron chi connectivity index (χ1n) is 9.11. The Labute approximate surface area is 139 Å². The van der Waals surface area contributed by atoms with Crippen molar-refractivity contribution in [3.8, 4) is 0 Å². The van der Waals surface area contributed by atoms with Crippen molar-refractivity contribution in [1.82, 2.24) is 15.1 Å². The zero-order valence-corrected chi connectivity index (χ0v) is 14.3. The minimum Gasteiger partial charge on any atom is -0.338 e. The molecule has 126 valence electrons. The zero-order chi connectivity index (χ0) is 16.1. The number of nitrogens with one attached hydrogen (secondary N) is 1. The Morgan fingerprint density at radius 2 is 2.00 bits per heavy atom. The van der Waals surface area contributed by atoms with Crippen LogP contribution < -0.4 is 5.32 Å². The van der Waals surface area contributed by atoms with Gasteiger partial charge in [0, 0.05) is 38.8 Å². The van der Waals surface area contributed by atoms with E-state index in [9.17, 15) is 4.79 Å². The SMILES string of the molecule is CCNC(=O)N1CCCCCC1CN1CCc2ccccc2C1. The zero-order valence-electron chi connectivity index (χ0n) is 14.3. The highest BCUT2D eigenvalue weighted by molar-refractivity contribution is 5.74. The lowest BCUT2D eigenvalue weighted by Gasteiger charge is -2.36. The topological polar surface area (TPSA) is 35.6 Å². The molecule has 4 heteroatoms. The summed E-state index contributed by atoms with van der Waals surface area (Å²) < 4.78 is 0. The average Bonchev–Trinajstić information content (AvgIpc) is 2.80. The maximum absolute atomic E-state index is 12.4. The van der Waals surface area contributed by atoms with E-state index in [1.54, 1.807) is 0 Å². The lowest BCUT2D eigenvalue weighted by Crippen LogP contribution is -2.51. The predicted molar refractivity (Wildman–Crippen MR) is 93.5 cm³/mol. The Balaban J connectivity index is 1.66. The molecule has 0 radical (unpaired) electrons. The van der Waals surface area contributed by atoms with Gasteiger partial charge in [-0.1, -0.05) is 37.1 Å². The van der Waals surface area contributed by atoms with Gasteiger partial charge in [-0.05, 0) is 37.3 Å². The fourth-order valence-corrected chi connectivity index (χ4v) is 3.90. The number of carbonyl (C=O) groups is 1. The molecule has 3 rings (SSSR count). The monoisotopic (exact) mass is 315 g/mol. The van der Waals surface area contributed by atoms with Crippen LogP contribution in [0.3, 0.4) is 0 Å². The Kier molecular flexibility index (Phi) is 5.55. The number of nitrogens with zero attached hydrogens (tertiary/aromatic N) is 2. The third kappa shape index (κ3) is 4.05. The summed E-state index contributed by atoms with van der Waals surface area (Å²) in [4.78, 5) is 17.0. The number of hydrogen-bond donors (Lipinski definition) is 1. The van der Waals surface area contributed by atoms with Crippen LogP contribution in [0, 0.1) is 0 Å². The van der Waals surface area contributed by atoms with Crippen molar-refractivity contribution in [2.24, 2.45) is 0 Å². The van der Waals surface area contributed by atoms with E-state index in [2.05, 4.69) is 39.4 Å². The largest absolute Gasteiger partial charge is 0.338 e. The number of urea groups is 1. The minimum absolute atomic E-state index is 0.122. The number of fused-ring (bicyclic) bond motifs is 1. The molecule has 1 N–H and O–H groups in total. The van der Waals surface area contributed by atoms with Gasteiger partial charge >= 0.3 is 6.03 Å². The van der Waals surface area contributed by atoms with Crippen LogP contribution in [0.5, 0.6) is 0 Å². The highest BCUT2D eigenvalue weighted by Gasteiger charge is 2.28. The summed E-state index contributed by atoms with van der Waals surface area (Å²) in [6, 6.07) is 9.24. The summed E-state index contributed by atoms with van der Waals surface area (Å²) in [5.41, 5.74) is 2.95. The van der Waals surface area contributed by atoms with Crippen molar-refractivity contribution in [1.29, 1.82) is 0 Å². The van der Waals surface area contributed by atoms with E-state index in [4.69, 9.17) is 0 Å². The smallest absolute Gasteiger partial charge is 0.317 e. The van der Waals surface area contributed by atoms with Crippen LogP contribution in [-0.2, 0) is 13.0 Å². The molecule has 1 aromatic rings. The van der Waals surface area contributed by atoms with E-state index in [0.29, 0.717) is 12.6 Å². The van der Waals surface area contributed by atoms with E-state index in [1.807, 2.05) is 6.92 Å². The first-order valence-corrected chi connectivity index (χ1v) is 9.11. The molecule has 0 bridgehead atoms. The summed E-state index contributed by atoms with van der Waals surface area (Å²) in [5.74, 6) is 0. The van der Waals surface area contributed by atoms with Gasteiger partial charge < -0.3 is 10.2 Å². The number of likely N-dealkylation sites (tertiary alicyclic amines) is 1. The molecule has 0 saturated carbocycles. The molecular weight excluding hydrogens is 286 g/mol. The van der Waals surface area contributed by atoms with Gasteiger partial charge in [0.1, 0.15) is 0 Å². The molecule has 1 aromatic carbocycles. The van der Waals surface area contributed by atoms with E-state index < -0.39 is 0 Å². The second-order valence-corrected chi connectivity index (χ2v) is 6.79. The summed E-state index contributed by atoms with van der Waals surface area (Å²) >= 11 is 0. The van der Waals surface area contributed by atoms with Gasteiger partial charge in [-0.3, -0.25) is 4.90 Å². The fourth-order valence-electron chi connectivity index (χ4n) is 3.90. The van der Waals surface area contributed by atoms with Gasteiger partial charge in [0.05, 0.1) is 0 Å². The molecule has 1 saturated heterocycles. The molecule has 23 heavy (non-hydrogen) atoms. The van der Waals surface area contributed by atoms with E-state index in [0.717, 1.165) is 45.4 Å². The molecule has 1 atom stereocenters. The number of hydrogen-bond acceptors (Lipinski definition) is 2. The third-order valence-electron chi connectivity index (χ3n) is 5.14. The van der Waals surface area contributed by atoms with Gasteiger partial charge in [0.25, 0.3) is 0 Å². The molecule has 0 aliphatic carbocycles. The number of benzene rings is 1. The molecule has 2 aliphatic rings. The van der Waals surface area contributed by atoms with Gasteiger partial charge in [-0.15, -0.1) is 0 Å². The van der Waals surface area contributed by atoms with Crippen LogP contribution in [0.25, 0.3) is 0 Å². The summed E-state index contributed by atoms with van der Waals surface area (Å²) in [7, 11) is 0. The molecule has 2 aliphatic heterocycles. The van der Waals surface area contributed by atoms with Crippen molar-refractivity contribution in [3.63, 3.8) is 0 Å². The number of rotatable bonds is 3. The van der Waals surface area contributed by atoms with Crippen LogP contribution in [0.2, 0.25) is 0 Å². The highest BCUT2D eigenvalue weighted by Crippen LogP contribution is 2.22. The lowest BCUT2D eigenvalue weighted by atomic mass is 9.99. The van der Waals surface area contributed by atoms with Crippen molar-refractivity contribution in [2.45, 2.75) is 51.6 Å². The maximum Gasteiger partial charge on any atom is 0.317 e. The minimum atomic E-state index is 0.122. The first kappa shape index (κ1) is 16.3. The molecule has 4 nitrogen and oxygen atoms in total. The van der Waals surface area contributed by atoms with Crippen molar-refractivity contribution in [2.75, 3.05) is 26.2 Å². The van der Waals surface area contributed by atoms with Gasteiger partial charge in [0.2, 0.25) is 0 Å². The van der Waals surface area contributed by atoms with Crippen molar-refractivity contribution >= 4 is 6.03 Å². The summed E-state index contributed by atoms with van der Waals surface area (Å²) in [6.07, 6.45) is 5.88. The predicted octanol–water partition coefficient (Wildman–Crippen LogP) is 3.02. The quantitative estimate of drug-likeness (QED) is 0.930. The molecule has 2 heterocycles. The first-order chi connectivity index (χ1) is 11.3. The van der Waals surface area contributed by atoms with Gasteiger partial charge in [0.15, 0.2) is 0 Å². The maximum atomic E-state index is 12.4. The van der Waals surface area contributed by atoms with Crippen LogP contribution >= 0.6 is 0 Å². The van der Waals surface area contributed by atoms with E-state index >= 15 is 0 Å². The third-order valence-corrected chi connectivity index (χ3v) is 5.14. The second kappa shape index (κ2) is 7.82. The summed E-state index contributed by atoms with van der Waals surface area (Å²) in [5, 5.41) is 2.99. The van der Waals surface area contributed by atoms with Gasteiger partial charge in [-0.25, -0.2) is 4.79 Å². The number of amides is 2. The van der Waals surface area contributed by atoms with Crippen LogP contribution in [0.15, 0.2) is 24.3 Å².